The van der Waals surface area contributed by atoms with Gasteiger partial charge in [0.25, 0.3) is 0 Å². The first-order valence-corrected chi connectivity index (χ1v) is 6.64. The Morgan fingerprint density at radius 3 is 2.40 bits per heavy atom. The van der Waals surface area contributed by atoms with Gasteiger partial charge in [0.1, 0.15) is 0 Å². The lowest BCUT2D eigenvalue weighted by Crippen LogP contribution is -2.16. The number of hydrogen-bond donors (Lipinski definition) is 1. The number of rotatable bonds is 4. The molecule has 0 aliphatic carbocycles. The van der Waals surface area contributed by atoms with Gasteiger partial charge in [0, 0.05) is 24.3 Å². The maximum Gasteiger partial charge on any atom is 0.335 e. The Morgan fingerprint density at radius 2 is 1.85 bits per heavy atom. The SMILES string of the molecule is Cc1cc(N(C)Cc2ccc(Cl)cc2)ccc1C(=O)O. The van der Waals surface area contributed by atoms with Gasteiger partial charge in [-0.2, -0.15) is 0 Å². The molecule has 2 aromatic carbocycles. The number of halogens is 1. The second kappa shape index (κ2) is 5.97. The highest BCUT2D eigenvalue weighted by molar-refractivity contribution is 6.30. The molecule has 0 fully saturated rings. The molecule has 104 valence electrons. The molecule has 20 heavy (non-hydrogen) atoms. The van der Waals surface area contributed by atoms with Crippen molar-refractivity contribution in [1.29, 1.82) is 0 Å². The smallest absolute Gasteiger partial charge is 0.335 e. The topological polar surface area (TPSA) is 40.5 Å². The summed E-state index contributed by atoms with van der Waals surface area (Å²) in [7, 11) is 1.98. The molecular formula is C16H16ClNO2. The summed E-state index contributed by atoms with van der Waals surface area (Å²) in [5, 5.41) is 9.75. The highest BCUT2D eigenvalue weighted by Gasteiger charge is 2.09. The Kier molecular flexibility index (Phi) is 4.30. The molecule has 0 aliphatic heterocycles. The van der Waals surface area contributed by atoms with Gasteiger partial charge in [-0.25, -0.2) is 4.79 Å². The van der Waals surface area contributed by atoms with E-state index in [0.29, 0.717) is 5.56 Å². The summed E-state index contributed by atoms with van der Waals surface area (Å²) in [5.74, 6) is -0.894. The summed E-state index contributed by atoms with van der Waals surface area (Å²) in [6, 6.07) is 13.1. The minimum absolute atomic E-state index is 0.341. The lowest BCUT2D eigenvalue weighted by molar-refractivity contribution is 0.0696. The number of carboxylic acid groups (broad SMARTS) is 1. The van der Waals surface area contributed by atoms with Gasteiger partial charge in [-0.3, -0.25) is 0 Å². The number of aryl methyl sites for hydroxylation is 1. The van der Waals surface area contributed by atoms with Crippen LogP contribution in [-0.2, 0) is 6.54 Å². The van der Waals surface area contributed by atoms with Crippen molar-refractivity contribution in [2.45, 2.75) is 13.5 Å². The van der Waals surface area contributed by atoms with E-state index >= 15 is 0 Å². The van der Waals surface area contributed by atoms with Crippen molar-refractivity contribution < 1.29 is 9.90 Å². The molecule has 0 saturated carbocycles. The summed E-state index contributed by atoms with van der Waals surface area (Å²) in [6.07, 6.45) is 0. The van der Waals surface area contributed by atoms with E-state index < -0.39 is 5.97 Å². The van der Waals surface area contributed by atoms with Gasteiger partial charge in [0.15, 0.2) is 0 Å². The maximum atomic E-state index is 11.0. The van der Waals surface area contributed by atoms with Crippen LogP contribution < -0.4 is 4.90 Å². The molecule has 0 bridgehead atoms. The summed E-state index contributed by atoms with van der Waals surface area (Å²) in [5.41, 5.74) is 3.24. The second-order valence-corrected chi connectivity index (χ2v) is 5.22. The van der Waals surface area contributed by atoms with Gasteiger partial charge >= 0.3 is 5.97 Å². The van der Waals surface area contributed by atoms with Crippen molar-refractivity contribution in [3.63, 3.8) is 0 Å². The first-order chi connectivity index (χ1) is 9.47. The molecule has 0 spiro atoms. The molecule has 2 rings (SSSR count). The van der Waals surface area contributed by atoms with E-state index in [1.54, 1.807) is 6.07 Å². The predicted octanol–water partition coefficient (Wildman–Crippen LogP) is 3.98. The second-order valence-electron chi connectivity index (χ2n) is 4.79. The summed E-state index contributed by atoms with van der Waals surface area (Å²) in [6.45, 7) is 2.55. The molecule has 1 N–H and O–H groups in total. The Hall–Kier alpha value is -2.00. The molecule has 0 heterocycles. The Labute approximate surface area is 123 Å². The number of benzene rings is 2. The number of hydrogen-bond acceptors (Lipinski definition) is 2. The maximum absolute atomic E-state index is 11.0. The first-order valence-electron chi connectivity index (χ1n) is 6.27. The molecule has 0 saturated heterocycles. The van der Waals surface area contributed by atoms with E-state index in [2.05, 4.69) is 4.90 Å². The largest absolute Gasteiger partial charge is 0.478 e. The lowest BCUT2D eigenvalue weighted by atomic mass is 10.1. The van der Waals surface area contributed by atoms with Crippen LogP contribution in [0.25, 0.3) is 0 Å². The Morgan fingerprint density at radius 1 is 1.20 bits per heavy atom. The van der Waals surface area contributed by atoms with Crippen LogP contribution in [0, 0.1) is 6.92 Å². The fourth-order valence-electron chi connectivity index (χ4n) is 2.08. The van der Waals surface area contributed by atoms with Gasteiger partial charge in [-0.05, 0) is 48.4 Å². The average Bonchev–Trinajstić information content (AvgIpc) is 2.40. The van der Waals surface area contributed by atoms with Crippen molar-refractivity contribution in [3.8, 4) is 0 Å². The van der Waals surface area contributed by atoms with Crippen molar-refractivity contribution in [2.24, 2.45) is 0 Å². The number of carboxylic acids is 1. The molecule has 4 heteroatoms. The van der Waals surface area contributed by atoms with Crippen LogP contribution in [0.15, 0.2) is 42.5 Å². The standard InChI is InChI=1S/C16H16ClNO2/c1-11-9-14(7-8-15(11)16(19)20)18(2)10-12-3-5-13(17)6-4-12/h3-9H,10H2,1-2H3,(H,19,20). The van der Waals surface area contributed by atoms with Crippen molar-refractivity contribution in [3.05, 3.63) is 64.2 Å². The van der Waals surface area contributed by atoms with Crippen molar-refractivity contribution in [1.82, 2.24) is 0 Å². The van der Waals surface area contributed by atoms with Gasteiger partial charge in [0.2, 0.25) is 0 Å². The van der Waals surface area contributed by atoms with Gasteiger partial charge < -0.3 is 10.0 Å². The fourth-order valence-corrected chi connectivity index (χ4v) is 2.21. The van der Waals surface area contributed by atoms with Crippen LogP contribution in [-0.4, -0.2) is 18.1 Å². The van der Waals surface area contributed by atoms with Crippen LogP contribution in [0.1, 0.15) is 21.5 Å². The summed E-state index contributed by atoms with van der Waals surface area (Å²) < 4.78 is 0. The van der Waals surface area contributed by atoms with E-state index in [9.17, 15) is 4.79 Å². The van der Waals surface area contributed by atoms with Crippen LogP contribution in [0.2, 0.25) is 5.02 Å². The molecule has 0 aliphatic rings. The number of aromatic carboxylic acids is 1. The minimum atomic E-state index is -0.894. The summed E-state index contributed by atoms with van der Waals surface area (Å²) in [4.78, 5) is 13.1. The normalized spacial score (nSPS) is 10.3. The fraction of sp³-hybridized carbons (Fsp3) is 0.188. The van der Waals surface area contributed by atoms with Crippen LogP contribution in [0.5, 0.6) is 0 Å². The van der Waals surface area contributed by atoms with Crippen LogP contribution in [0.3, 0.4) is 0 Å². The van der Waals surface area contributed by atoms with Crippen molar-refractivity contribution in [2.75, 3.05) is 11.9 Å². The molecule has 3 nitrogen and oxygen atoms in total. The zero-order chi connectivity index (χ0) is 14.7. The van der Waals surface area contributed by atoms with E-state index in [0.717, 1.165) is 28.4 Å². The molecule has 0 radical (unpaired) electrons. The summed E-state index contributed by atoms with van der Waals surface area (Å²) >= 11 is 5.86. The highest BCUT2D eigenvalue weighted by atomic mass is 35.5. The molecule has 0 unspecified atom stereocenters. The predicted molar refractivity (Wildman–Crippen MR) is 81.7 cm³/mol. The monoisotopic (exact) mass is 289 g/mol. The van der Waals surface area contributed by atoms with E-state index in [1.165, 1.54) is 0 Å². The van der Waals surface area contributed by atoms with Crippen LogP contribution >= 0.6 is 11.6 Å². The lowest BCUT2D eigenvalue weighted by Gasteiger charge is -2.20. The van der Waals surface area contributed by atoms with E-state index in [4.69, 9.17) is 16.7 Å². The third-order valence-corrected chi connectivity index (χ3v) is 3.47. The number of nitrogens with zero attached hydrogens (tertiary/aromatic N) is 1. The van der Waals surface area contributed by atoms with E-state index in [1.807, 2.05) is 50.4 Å². The van der Waals surface area contributed by atoms with Crippen LogP contribution in [0.4, 0.5) is 5.69 Å². The zero-order valence-electron chi connectivity index (χ0n) is 11.4. The molecule has 0 amide bonds. The van der Waals surface area contributed by atoms with Gasteiger partial charge in [0.05, 0.1) is 5.56 Å². The van der Waals surface area contributed by atoms with Crippen molar-refractivity contribution >= 4 is 23.3 Å². The third-order valence-electron chi connectivity index (χ3n) is 3.21. The molecular weight excluding hydrogens is 274 g/mol. The average molecular weight is 290 g/mol. The zero-order valence-corrected chi connectivity index (χ0v) is 12.2. The first kappa shape index (κ1) is 14.4. The quantitative estimate of drug-likeness (QED) is 0.925. The van der Waals surface area contributed by atoms with Gasteiger partial charge in [-0.1, -0.05) is 23.7 Å². The Balaban J connectivity index is 2.17. The van der Waals surface area contributed by atoms with Gasteiger partial charge in [-0.15, -0.1) is 0 Å². The Bertz CT molecular complexity index is 623. The number of anilines is 1. The molecule has 2 aromatic rings. The molecule has 0 aromatic heterocycles. The van der Waals surface area contributed by atoms with E-state index in [-0.39, 0.29) is 0 Å². The molecule has 0 atom stereocenters. The number of carbonyl (C=O) groups is 1. The highest BCUT2D eigenvalue weighted by Crippen LogP contribution is 2.20. The minimum Gasteiger partial charge on any atom is -0.478 e. The third kappa shape index (κ3) is 3.31.